The number of benzene rings is 1. The van der Waals surface area contributed by atoms with Crippen molar-refractivity contribution in [2.24, 2.45) is 0 Å². The third-order valence-corrected chi connectivity index (χ3v) is 6.95. The van der Waals surface area contributed by atoms with Crippen LogP contribution in [0.5, 0.6) is 0 Å². The second kappa shape index (κ2) is 8.45. The van der Waals surface area contributed by atoms with Crippen molar-refractivity contribution >= 4 is 15.7 Å². The SMILES string of the molecule is Cc1nn([C@@H]2CCS(=O)(=O)C2)c(C)c1CN(C)CC(=O)NCc1ccccc1. The second-order valence-electron chi connectivity index (χ2n) is 7.59. The van der Waals surface area contributed by atoms with Gasteiger partial charge in [-0.3, -0.25) is 14.4 Å². The molecule has 152 valence electrons. The normalized spacial score (nSPS) is 18.5. The zero-order valence-electron chi connectivity index (χ0n) is 16.7. The molecule has 1 aliphatic heterocycles. The largest absolute Gasteiger partial charge is 0.351 e. The number of nitrogens with zero attached hydrogens (tertiary/aromatic N) is 3. The van der Waals surface area contributed by atoms with Crippen LogP contribution in [0.3, 0.4) is 0 Å². The summed E-state index contributed by atoms with van der Waals surface area (Å²) in [5, 5.41) is 7.53. The summed E-state index contributed by atoms with van der Waals surface area (Å²) >= 11 is 0. The van der Waals surface area contributed by atoms with Gasteiger partial charge in [0.05, 0.1) is 29.8 Å². The fourth-order valence-electron chi connectivity index (χ4n) is 3.67. The minimum atomic E-state index is -2.96. The molecule has 8 heteroatoms. The van der Waals surface area contributed by atoms with E-state index in [9.17, 15) is 13.2 Å². The molecule has 3 rings (SSSR count). The second-order valence-corrected chi connectivity index (χ2v) is 9.81. The van der Waals surface area contributed by atoms with E-state index in [0.717, 1.165) is 22.5 Å². The van der Waals surface area contributed by atoms with Gasteiger partial charge in [-0.1, -0.05) is 30.3 Å². The molecule has 1 fully saturated rings. The molecule has 1 N–H and O–H groups in total. The molecule has 1 amide bonds. The van der Waals surface area contributed by atoms with Gasteiger partial charge in [-0.25, -0.2) is 8.42 Å². The Bertz CT molecular complexity index is 938. The van der Waals surface area contributed by atoms with Crippen molar-refractivity contribution in [2.45, 2.75) is 39.4 Å². The number of aryl methyl sites for hydroxylation is 1. The van der Waals surface area contributed by atoms with E-state index in [2.05, 4.69) is 10.4 Å². The van der Waals surface area contributed by atoms with Crippen molar-refractivity contribution < 1.29 is 13.2 Å². The minimum Gasteiger partial charge on any atom is -0.351 e. The molecule has 28 heavy (non-hydrogen) atoms. The van der Waals surface area contributed by atoms with Gasteiger partial charge in [0.2, 0.25) is 5.91 Å². The van der Waals surface area contributed by atoms with E-state index < -0.39 is 9.84 Å². The van der Waals surface area contributed by atoms with E-state index in [-0.39, 0.29) is 30.0 Å². The zero-order chi connectivity index (χ0) is 20.3. The van der Waals surface area contributed by atoms with Crippen molar-refractivity contribution in [3.05, 3.63) is 52.8 Å². The quantitative estimate of drug-likeness (QED) is 0.758. The van der Waals surface area contributed by atoms with E-state index >= 15 is 0 Å². The molecule has 7 nitrogen and oxygen atoms in total. The Kier molecular flexibility index (Phi) is 6.20. The van der Waals surface area contributed by atoms with Gasteiger partial charge < -0.3 is 5.32 Å². The van der Waals surface area contributed by atoms with Crippen LogP contribution >= 0.6 is 0 Å². The lowest BCUT2D eigenvalue weighted by Gasteiger charge is -2.17. The van der Waals surface area contributed by atoms with Crippen LogP contribution in [0.4, 0.5) is 0 Å². The minimum absolute atomic E-state index is 0.0315. The predicted molar refractivity (Wildman–Crippen MR) is 109 cm³/mol. The molecule has 0 unspecified atom stereocenters. The monoisotopic (exact) mass is 404 g/mol. The Morgan fingerprint density at radius 1 is 1.29 bits per heavy atom. The fourth-order valence-corrected chi connectivity index (χ4v) is 5.36. The van der Waals surface area contributed by atoms with Crippen molar-refractivity contribution in [2.75, 3.05) is 25.1 Å². The summed E-state index contributed by atoms with van der Waals surface area (Å²) in [6, 6.07) is 9.73. The van der Waals surface area contributed by atoms with E-state index in [1.165, 1.54) is 0 Å². The lowest BCUT2D eigenvalue weighted by Crippen LogP contribution is -2.34. The highest BCUT2D eigenvalue weighted by Gasteiger charge is 2.31. The van der Waals surface area contributed by atoms with Crippen molar-refractivity contribution in [3.63, 3.8) is 0 Å². The van der Waals surface area contributed by atoms with Crippen molar-refractivity contribution in [1.82, 2.24) is 20.0 Å². The lowest BCUT2D eigenvalue weighted by molar-refractivity contribution is -0.122. The first-order valence-electron chi connectivity index (χ1n) is 9.49. The summed E-state index contributed by atoms with van der Waals surface area (Å²) < 4.78 is 25.4. The number of nitrogens with one attached hydrogen (secondary N) is 1. The van der Waals surface area contributed by atoms with Crippen molar-refractivity contribution in [1.29, 1.82) is 0 Å². The van der Waals surface area contributed by atoms with Gasteiger partial charge in [-0.2, -0.15) is 5.10 Å². The summed E-state index contributed by atoms with van der Waals surface area (Å²) in [7, 11) is -1.06. The maximum absolute atomic E-state index is 12.2. The van der Waals surface area contributed by atoms with Crippen LogP contribution in [0, 0.1) is 13.8 Å². The summed E-state index contributed by atoms with van der Waals surface area (Å²) in [5.74, 6) is 0.356. The van der Waals surface area contributed by atoms with Gasteiger partial charge in [0, 0.05) is 24.3 Å². The average Bonchev–Trinajstić information content (AvgIpc) is 3.14. The van der Waals surface area contributed by atoms with Gasteiger partial charge in [0.15, 0.2) is 9.84 Å². The Morgan fingerprint density at radius 2 is 2.00 bits per heavy atom. The van der Waals surface area contributed by atoms with Crippen LogP contribution in [-0.4, -0.2) is 54.1 Å². The Labute approximate surface area is 166 Å². The maximum Gasteiger partial charge on any atom is 0.234 e. The van der Waals surface area contributed by atoms with E-state index in [0.29, 0.717) is 19.5 Å². The van der Waals surface area contributed by atoms with Crippen LogP contribution < -0.4 is 5.32 Å². The maximum atomic E-state index is 12.2. The van der Waals surface area contributed by atoms with Crippen LogP contribution in [0.2, 0.25) is 0 Å². The highest BCUT2D eigenvalue weighted by Crippen LogP contribution is 2.27. The van der Waals surface area contributed by atoms with Gasteiger partial charge in [-0.15, -0.1) is 0 Å². The lowest BCUT2D eigenvalue weighted by atomic mass is 10.1. The number of rotatable bonds is 7. The molecule has 2 aromatic rings. The highest BCUT2D eigenvalue weighted by atomic mass is 32.2. The first-order chi connectivity index (χ1) is 13.2. The highest BCUT2D eigenvalue weighted by molar-refractivity contribution is 7.91. The molecular formula is C20H28N4O3S. The molecule has 0 bridgehead atoms. The summed E-state index contributed by atoms with van der Waals surface area (Å²) in [6.45, 7) is 5.30. The molecule has 1 aromatic heterocycles. The molecule has 1 atom stereocenters. The van der Waals surface area contributed by atoms with E-state index in [1.54, 1.807) is 0 Å². The third-order valence-electron chi connectivity index (χ3n) is 5.20. The van der Waals surface area contributed by atoms with Crippen LogP contribution in [0.15, 0.2) is 30.3 Å². The molecule has 1 aliphatic rings. The van der Waals surface area contributed by atoms with E-state index in [1.807, 2.05) is 60.8 Å². The first kappa shape index (κ1) is 20.5. The molecule has 1 aromatic carbocycles. The number of carbonyl (C=O) groups is 1. The summed E-state index contributed by atoms with van der Waals surface area (Å²) in [5.41, 5.74) is 4.00. The number of amides is 1. The Morgan fingerprint density at radius 3 is 2.64 bits per heavy atom. The third kappa shape index (κ3) is 4.99. The molecular weight excluding hydrogens is 376 g/mol. The molecule has 0 saturated carbocycles. The number of aromatic nitrogens is 2. The van der Waals surface area contributed by atoms with Gasteiger partial charge in [0.1, 0.15) is 0 Å². The van der Waals surface area contributed by atoms with Crippen LogP contribution in [0.1, 0.15) is 35.0 Å². The van der Waals surface area contributed by atoms with Gasteiger partial charge >= 0.3 is 0 Å². The van der Waals surface area contributed by atoms with Crippen LogP contribution in [-0.2, 0) is 27.7 Å². The number of hydrogen-bond donors (Lipinski definition) is 1. The first-order valence-corrected chi connectivity index (χ1v) is 11.3. The summed E-state index contributed by atoms with van der Waals surface area (Å²) in [6.07, 6.45) is 0.613. The molecule has 0 aliphatic carbocycles. The predicted octanol–water partition coefficient (Wildman–Crippen LogP) is 1.61. The van der Waals surface area contributed by atoms with Crippen molar-refractivity contribution in [3.8, 4) is 0 Å². The number of carbonyl (C=O) groups excluding carboxylic acids is 1. The molecule has 2 heterocycles. The summed E-state index contributed by atoms with van der Waals surface area (Å²) in [4.78, 5) is 14.2. The molecule has 0 spiro atoms. The van der Waals surface area contributed by atoms with Crippen LogP contribution in [0.25, 0.3) is 0 Å². The van der Waals surface area contributed by atoms with E-state index in [4.69, 9.17) is 0 Å². The number of hydrogen-bond acceptors (Lipinski definition) is 5. The Hall–Kier alpha value is -2.19. The topological polar surface area (TPSA) is 84.3 Å². The average molecular weight is 405 g/mol. The molecule has 1 saturated heterocycles. The Balaban J connectivity index is 1.58. The smallest absolute Gasteiger partial charge is 0.234 e. The zero-order valence-corrected chi connectivity index (χ0v) is 17.5. The standard InChI is InChI=1S/C20H28N4O3S/c1-15-19(16(2)24(22-15)18-9-10-28(26,27)14-18)12-23(3)13-20(25)21-11-17-7-5-4-6-8-17/h4-8,18H,9-14H2,1-3H3,(H,21,25)/t18-/m1/s1. The number of sulfone groups is 1. The number of likely N-dealkylation sites (N-methyl/N-ethyl adjacent to an activating group) is 1. The van der Waals surface area contributed by atoms with Gasteiger partial charge in [-0.05, 0) is 32.9 Å². The fraction of sp³-hybridized carbons (Fsp3) is 0.500. The van der Waals surface area contributed by atoms with Gasteiger partial charge in [0.25, 0.3) is 0 Å². The molecule has 0 radical (unpaired) electrons.